The largest absolute Gasteiger partial charge is 0.497 e. The van der Waals surface area contributed by atoms with Crippen LogP contribution in [0.15, 0.2) is 48.5 Å². The van der Waals surface area contributed by atoms with Gasteiger partial charge in [-0.05, 0) is 43.2 Å². The number of aliphatic hydroxyl groups is 1. The number of ether oxygens (including phenoxy) is 2. The number of benzene rings is 2. The van der Waals surface area contributed by atoms with Gasteiger partial charge >= 0.3 is 0 Å². The van der Waals surface area contributed by atoms with E-state index in [0.717, 1.165) is 17.9 Å². The highest BCUT2D eigenvalue weighted by atomic mass is 16.5. The first-order valence-corrected chi connectivity index (χ1v) is 8.37. The lowest BCUT2D eigenvalue weighted by Gasteiger charge is -2.20. The molecule has 2 unspecified atom stereocenters. The average Bonchev–Trinajstić information content (AvgIpc) is 2.62. The van der Waals surface area contributed by atoms with Gasteiger partial charge in [-0.25, -0.2) is 0 Å². The van der Waals surface area contributed by atoms with Crippen LogP contribution in [0.3, 0.4) is 0 Å². The molecule has 0 saturated heterocycles. The molecule has 2 aromatic rings. The third-order valence-corrected chi connectivity index (χ3v) is 3.99. The molecule has 130 valence electrons. The Morgan fingerprint density at radius 2 is 1.62 bits per heavy atom. The summed E-state index contributed by atoms with van der Waals surface area (Å²) in [6.45, 7) is 4.96. The van der Waals surface area contributed by atoms with E-state index in [0.29, 0.717) is 6.54 Å². The summed E-state index contributed by atoms with van der Waals surface area (Å²) >= 11 is 0. The zero-order valence-electron chi connectivity index (χ0n) is 14.7. The highest BCUT2D eigenvalue weighted by Gasteiger charge is 2.12. The van der Waals surface area contributed by atoms with E-state index in [9.17, 15) is 5.11 Å². The van der Waals surface area contributed by atoms with Gasteiger partial charge in [0.15, 0.2) is 0 Å². The molecule has 0 aromatic heterocycles. The fraction of sp³-hybridized carbons (Fsp3) is 0.400. The molecule has 0 heterocycles. The Bertz CT molecular complexity index is 595. The van der Waals surface area contributed by atoms with Gasteiger partial charge in [0.1, 0.15) is 24.2 Å². The van der Waals surface area contributed by atoms with Crippen molar-refractivity contribution in [2.75, 3.05) is 20.3 Å². The molecule has 0 saturated carbocycles. The SMILES string of the molecule is CCC(NCC(O)COc1ccc(OC)cc1)c1ccc(C)cc1. The molecule has 2 N–H and O–H groups in total. The Hall–Kier alpha value is -2.04. The minimum atomic E-state index is -0.563. The van der Waals surface area contributed by atoms with Gasteiger partial charge in [-0.1, -0.05) is 36.8 Å². The number of nitrogens with one attached hydrogen (secondary N) is 1. The van der Waals surface area contributed by atoms with E-state index in [2.05, 4.69) is 43.4 Å². The van der Waals surface area contributed by atoms with Gasteiger partial charge in [0.05, 0.1) is 7.11 Å². The summed E-state index contributed by atoms with van der Waals surface area (Å²) < 4.78 is 10.7. The fourth-order valence-electron chi connectivity index (χ4n) is 2.50. The molecule has 24 heavy (non-hydrogen) atoms. The summed E-state index contributed by atoms with van der Waals surface area (Å²) in [5.41, 5.74) is 2.49. The molecule has 2 rings (SSSR count). The molecule has 0 spiro atoms. The molecule has 4 heteroatoms. The molecule has 0 aliphatic rings. The van der Waals surface area contributed by atoms with Crippen molar-refractivity contribution in [2.24, 2.45) is 0 Å². The molecule has 4 nitrogen and oxygen atoms in total. The highest BCUT2D eigenvalue weighted by Crippen LogP contribution is 2.18. The van der Waals surface area contributed by atoms with Crippen molar-refractivity contribution in [1.82, 2.24) is 5.32 Å². The van der Waals surface area contributed by atoms with E-state index in [1.165, 1.54) is 11.1 Å². The lowest BCUT2D eigenvalue weighted by atomic mass is 10.0. The van der Waals surface area contributed by atoms with E-state index in [1.807, 2.05) is 24.3 Å². The normalized spacial score (nSPS) is 13.3. The molecule has 0 fully saturated rings. The van der Waals surface area contributed by atoms with E-state index in [-0.39, 0.29) is 12.6 Å². The minimum Gasteiger partial charge on any atom is -0.497 e. The number of rotatable bonds is 9. The predicted octanol–water partition coefficient (Wildman–Crippen LogP) is 3.48. The van der Waals surface area contributed by atoms with Crippen molar-refractivity contribution in [3.8, 4) is 11.5 Å². The van der Waals surface area contributed by atoms with Crippen LogP contribution >= 0.6 is 0 Å². The number of aryl methyl sites for hydroxylation is 1. The summed E-state index contributed by atoms with van der Waals surface area (Å²) in [6.07, 6.45) is 0.404. The maximum absolute atomic E-state index is 10.1. The molecular weight excluding hydrogens is 302 g/mol. The second-order valence-corrected chi connectivity index (χ2v) is 5.92. The molecule has 0 aliphatic heterocycles. The lowest BCUT2D eigenvalue weighted by Crippen LogP contribution is -2.33. The van der Waals surface area contributed by atoms with Crippen molar-refractivity contribution < 1.29 is 14.6 Å². The van der Waals surface area contributed by atoms with Crippen LogP contribution in [0.4, 0.5) is 0 Å². The monoisotopic (exact) mass is 329 g/mol. The number of methoxy groups -OCH3 is 1. The predicted molar refractivity (Wildman–Crippen MR) is 96.7 cm³/mol. The van der Waals surface area contributed by atoms with E-state index in [1.54, 1.807) is 7.11 Å². The molecule has 0 aliphatic carbocycles. The van der Waals surface area contributed by atoms with Gasteiger partial charge in [0.2, 0.25) is 0 Å². The Balaban J connectivity index is 1.78. The third kappa shape index (κ3) is 5.55. The van der Waals surface area contributed by atoms with E-state index < -0.39 is 6.10 Å². The lowest BCUT2D eigenvalue weighted by molar-refractivity contribution is 0.103. The molecule has 2 aromatic carbocycles. The standard InChI is InChI=1S/C20H27NO3/c1-4-20(16-7-5-15(2)6-8-16)21-13-17(22)14-24-19-11-9-18(23-3)10-12-19/h5-12,17,20-22H,4,13-14H2,1-3H3. The summed E-state index contributed by atoms with van der Waals surface area (Å²) in [4.78, 5) is 0. The van der Waals surface area contributed by atoms with Gasteiger partial charge in [-0.2, -0.15) is 0 Å². The van der Waals surface area contributed by atoms with Gasteiger partial charge in [-0.3, -0.25) is 0 Å². The number of hydrogen-bond acceptors (Lipinski definition) is 4. The molecular formula is C20H27NO3. The Morgan fingerprint density at radius 1 is 1.00 bits per heavy atom. The smallest absolute Gasteiger partial charge is 0.119 e. The summed E-state index contributed by atoms with van der Waals surface area (Å²) in [5, 5.41) is 13.5. The van der Waals surface area contributed by atoms with Gasteiger partial charge in [-0.15, -0.1) is 0 Å². The first-order valence-electron chi connectivity index (χ1n) is 8.37. The average molecular weight is 329 g/mol. The van der Waals surface area contributed by atoms with Crippen molar-refractivity contribution in [3.63, 3.8) is 0 Å². The van der Waals surface area contributed by atoms with Crippen LogP contribution in [0.1, 0.15) is 30.5 Å². The number of aliphatic hydroxyl groups excluding tert-OH is 1. The van der Waals surface area contributed by atoms with E-state index in [4.69, 9.17) is 9.47 Å². The first-order chi connectivity index (χ1) is 11.6. The quantitative estimate of drug-likeness (QED) is 0.739. The third-order valence-electron chi connectivity index (χ3n) is 3.99. The van der Waals surface area contributed by atoms with Crippen molar-refractivity contribution >= 4 is 0 Å². The van der Waals surface area contributed by atoms with Crippen LogP contribution in [0.25, 0.3) is 0 Å². The van der Waals surface area contributed by atoms with Crippen LogP contribution in [0.2, 0.25) is 0 Å². The van der Waals surface area contributed by atoms with Crippen LogP contribution in [-0.2, 0) is 0 Å². The van der Waals surface area contributed by atoms with E-state index >= 15 is 0 Å². The van der Waals surface area contributed by atoms with Crippen molar-refractivity contribution in [3.05, 3.63) is 59.7 Å². The first kappa shape index (κ1) is 18.3. The molecule has 0 bridgehead atoms. The molecule has 0 radical (unpaired) electrons. The topological polar surface area (TPSA) is 50.7 Å². The Morgan fingerprint density at radius 3 is 2.21 bits per heavy atom. The maximum atomic E-state index is 10.1. The summed E-state index contributed by atoms with van der Waals surface area (Å²) in [6, 6.07) is 16.1. The van der Waals surface area contributed by atoms with Crippen LogP contribution < -0.4 is 14.8 Å². The van der Waals surface area contributed by atoms with Gasteiger partial charge in [0.25, 0.3) is 0 Å². The maximum Gasteiger partial charge on any atom is 0.119 e. The zero-order valence-corrected chi connectivity index (χ0v) is 14.7. The summed E-state index contributed by atoms with van der Waals surface area (Å²) in [5.74, 6) is 1.51. The fourth-order valence-corrected chi connectivity index (χ4v) is 2.50. The summed E-state index contributed by atoms with van der Waals surface area (Å²) in [7, 11) is 1.63. The zero-order chi connectivity index (χ0) is 17.4. The Labute approximate surface area is 144 Å². The van der Waals surface area contributed by atoms with Crippen molar-refractivity contribution in [1.29, 1.82) is 0 Å². The molecule has 2 atom stereocenters. The molecule has 0 amide bonds. The van der Waals surface area contributed by atoms with Crippen LogP contribution in [0, 0.1) is 6.92 Å². The van der Waals surface area contributed by atoms with Gasteiger partial charge < -0.3 is 19.9 Å². The van der Waals surface area contributed by atoms with Gasteiger partial charge in [0, 0.05) is 12.6 Å². The Kier molecular flexibility index (Phi) is 7.09. The second kappa shape index (κ2) is 9.30. The van der Waals surface area contributed by atoms with Crippen LogP contribution in [0.5, 0.6) is 11.5 Å². The highest BCUT2D eigenvalue weighted by molar-refractivity contribution is 5.31. The van der Waals surface area contributed by atoms with Crippen molar-refractivity contribution in [2.45, 2.75) is 32.4 Å². The van der Waals surface area contributed by atoms with Crippen LogP contribution in [-0.4, -0.2) is 31.5 Å². The minimum absolute atomic E-state index is 0.237. The second-order valence-electron chi connectivity index (χ2n) is 5.92. The number of hydrogen-bond donors (Lipinski definition) is 2.